The van der Waals surface area contributed by atoms with E-state index in [9.17, 15) is 19.5 Å². The Morgan fingerprint density at radius 2 is 1.36 bits per heavy atom. The van der Waals surface area contributed by atoms with E-state index in [-0.39, 0.29) is 31.0 Å². The Balaban J connectivity index is 1.83. The lowest BCUT2D eigenvalue weighted by atomic mass is 9.90. The number of amides is 3. The molecule has 3 amide bonds. The van der Waals surface area contributed by atoms with Crippen LogP contribution in [0.3, 0.4) is 0 Å². The average molecular weight is 532 g/mol. The molecular formula is C31H37N3O5. The molecule has 3 aromatic rings. The molecule has 0 saturated heterocycles. The van der Waals surface area contributed by atoms with E-state index in [2.05, 4.69) is 16.0 Å². The largest absolute Gasteiger partial charge is 0.508 e. The zero-order chi connectivity index (χ0) is 28.5. The van der Waals surface area contributed by atoms with Gasteiger partial charge in [0.2, 0.25) is 11.8 Å². The van der Waals surface area contributed by atoms with Crippen molar-refractivity contribution in [2.45, 2.75) is 64.3 Å². The molecule has 0 aliphatic carbocycles. The molecule has 0 aliphatic rings. The second-order valence-corrected chi connectivity index (χ2v) is 10.7. The van der Waals surface area contributed by atoms with Crippen LogP contribution in [0.1, 0.15) is 44.4 Å². The Morgan fingerprint density at radius 3 is 1.92 bits per heavy atom. The first kappa shape index (κ1) is 29.2. The molecule has 2 atom stereocenters. The Morgan fingerprint density at radius 1 is 0.795 bits per heavy atom. The Hall–Kier alpha value is -4.33. The summed E-state index contributed by atoms with van der Waals surface area (Å²) < 4.78 is 5.40. The molecule has 8 nitrogen and oxygen atoms in total. The summed E-state index contributed by atoms with van der Waals surface area (Å²) in [6.45, 7) is 7.11. The number of alkyl carbamates (subject to hydrolysis) is 1. The highest BCUT2D eigenvalue weighted by Crippen LogP contribution is 2.17. The summed E-state index contributed by atoms with van der Waals surface area (Å²) in [5.41, 5.74) is 0.423. The van der Waals surface area contributed by atoms with Gasteiger partial charge in [-0.05, 0) is 56.5 Å². The van der Waals surface area contributed by atoms with E-state index in [0.717, 1.165) is 16.7 Å². The van der Waals surface area contributed by atoms with Crippen LogP contribution in [-0.4, -0.2) is 40.2 Å². The van der Waals surface area contributed by atoms with Crippen molar-refractivity contribution in [1.82, 2.24) is 16.0 Å². The lowest BCUT2D eigenvalue weighted by molar-refractivity contribution is -0.134. The van der Waals surface area contributed by atoms with Crippen LogP contribution in [0.15, 0.2) is 84.9 Å². The van der Waals surface area contributed by atoms with Gasteiger partial charge in [-0.1, -0.05) is 72.8 Å². The third-order valence-corrected chi connectivity index (χ3v) is 5.98. The molecule has 0 bridgehead atoms. The number of benzene rings is 3. The van der Waals surface area contributed by atoms with Crippen LogP contribution < -0.4 is 16.0 Å². The average Bonchev–Trinajstić information content (AvgIpc) is 2.88. The second kappa shape index (κ2) is 13.0. The number of phenols is 1. The van der Waals surface area contributed by atoms with Crippen molar-refractivity contribution in [3.8, 4) is 5.75 Å². The van der Waals surface area contributed by atoms with Crippen LogP contribution in [0.5, 0.6) is 5.75 Å². The molecule has 0 aromatic heterocycles. The van der Waals surface area contributed by atoms with E-state index >= 15 is 0 Å². The number of nitrogens with one attached hydrogen (secondary N) is 3. The first-order valence-electron chi connectivity index (χ1n) is 12.9. The second-order valence-electron chi connectivity index (χ2n) is 10.7. The zero-order valence-electron chi connectivity index (χ0n) is 22.9. The normalized spacial score (nSPS) is 13.4. The van der Waals surface area contributed by atoms with Crippen LogP contribution in [0.2, 0.25) is 0 Å². The lowest BCUT2D eigenvalue weighted by Crippen LogP contribution is -2.62. The standard InChI is InChI=1S/C31H37N3O5/c1-30(2,3)39-29(38)33-26(19-22-11-7-5-8-12-22)27(36)34-31(4,20-23-13-9-6-10-14-23)28(37)32-21-24-15-17-25(35)18-16-24/h5-18,26,35H,19-21H2,1-4H3,(H,32,37)(H,33,38)(H,34,36)/t26-,31?/m1/s1. The van der Waals surface area contributed by atoms with Gasteiger partial charge in [0.15, 0.2) is 0 Å². The van der Waals surface area contributed by atoms with Gasteiger partial charge in [-0.2, -0.15) is 0 Å². The summed E-state index contributed by atoms with van der Waals surface area (Å²) in [6, 6.07) is 24.2. The predicted molar refractivity (Wildman–Crippen MR) is 150 cm³/mol. The first-order chi connectivity index (χ1) is 18.4. The van der Waals surface area contributed by atoms with Gasteiger partial charge in [0.05, 0.1) is 0 Å². The molecule has 206 valence electrons. The highest BCUT2D eigenvalue weighted by Gasteiger charge is 2.37. The van der Waals surface area contributed by atoms with Crippen molar-refractivity contribution in [1.29, 1.82) is 0 Å². The van der Waals surface area contributed by atoms with Crippen molar-refractivity contribution in [3.63, 3.8) is 0 Å². The predicted octanol–water partition coefficient (Wildman–Crippen LogP) is 4.26. The number of carbonyl (C=O) groups excluding carboxylic acids is 3. The topological polar surface area (TPSA) is 117 Å². The Kier molecular flexibility index (Phi) is 9.71. The third-order valence-electron chi connectivity index (χ3n) is 5.98. The van der Waals surface area contributed by atoms with Gasteiger partial charge < -0.3 is 25.8 Å². The molecule has 39 heavy (non-hydrogen) atoms. The third kappa shape index (κ3) is 9.48. The molecular weight excluding hydrogens is 494 g/mol. The van der Waals surface area contributed by atoms with Crippen molar-refractivity contribution < 1.29 is 24.2 Å². The molecule has 0 saturated carbocycles. The number of rotatable bonds is 10. The number of hydrogen-bond donors (Lipinski definition) is 4. The van der Waals surface area contributed by atoms with Crippen molar-refractivity contribution >= 4 is 17.9 Å². The maximum absolute atomic E-state index is 13.7. The maximum Gasteiger partial charge on any atom is 0.408 e. The molecule has 3 aromatic carbocycles. The van der Waals surface area contributed by atoms with Crippen molar-refractivity contribution in [3.05, 3.63) is 102 Å². The Labute approximate surface area is 229 Å². The van der Waals surface area contributed by atoms with Crippen LogP contribution in [0.4, 0.5) is 4.79 Å². The van der Waals surface area contributed by atoms with E-state index in [4.69, 9.17) is 4.74 Å². The molecule has 4 N–H and O–H groups in total. The summed E-state index contributed by atoms with van der Waals surface area (Å²) >= 11 is 0. The molecule has 1 unspecified atom stereocenters. The molecule has 0 spiro atoms. The van der Waals surface area contributed by atoms with E-state index in [1.54, 1.807) is 52.0 Å². The number of ether oxygens (including phenoxy) is 1. The highest BCUT2D eigenvalue weighted by atomic mass is 16.6. The number of carbonyl (C=O) groups is 3. The minimum atomic E-state index is -1.33. The molecule has 0 fully saturated rings. The van der Waals surface area contributed by atoms with E-state index in [1.807, 2.05) is 60.7 Å². The molecule has 3 rings (SSSR count). The van der Waals surface area contributed by atoms with Crippen LogP contribution in [0, 0.1) is 0 Å². The van der Waals surface area contributed by atoms with Gasteiger partial charge >= 0.3 is 6.09 Å². The van der Waals surface area contributed by atoms with Gasteiger partial charge in [0, 0.05) is 19.4 Å². The Bertz CT molecular complexity index is 1240. The van der Waals surface area contributed by atoms with Crippen LogP contribution in [0.25, 0.3) is 0 Å². The number of phenolic OH excluding ortho intramolecular Hbond substituents is 1. The maximum atomic E-state index is 13.7. The highest BCUT2D eigenvalue weighted by molar-refractivity contribution is 5.94. The fraction of sp³-hybridized carbons (Fsp3) is 0.323. The van der Waals surface area contributed by atoms with Gasteiger partial charge in [0.25, 0.3) is 0 Å². The van der Waals surface area contributed by atoms with E-state index in [0.29, 0.717) is 0 Å². The van der Waals surface area contributed by atoms with Gasteiger partial charge in [0.1, 0.15) is 22.9 Å². The van der Waals surface area contributed by atoms with E-state index < -0.39 is 29.2 Å². The summed E-state index contributed by atoms with van der Waals surface area (Å²) in [4.78, 5) is 39.9. The smallest absolute Gasteiger partial charge is 0.408 e. The van der Waals surface area contributed by atoms with Gasteiger partial charge in [-0.3, -0.25) is 9.59 Å². The summed E-state index contributed by atoms with van der Waals surface area (Å²) in [5.74, 6) is -0.764. The fourth-order valence-electron chi connectivity index (χ4n) is 4.04. The quantitative estimate of drug-likeness (QED) is 0.312. The number of aromatic hydroxyl groups is 1. The zero-order valence-corrected chi connectivity index (χ0v) is 22.9. The lowest BCUT2D eigenvalue weighted by Gasteiger charge is -2.32. The molecule has 8 heteroatoms. The van der Waals surface area contributed by atoms with Gasteiger partial charge in [-0.25, -0.2) is 4.79 Å². The number of hydrogen-bond acceptors (Lipinski definition) is 5. The molecule has 0 aliphatic heterocycles. The summed E-state index contributed by atoms with van der Waals surface area (Å²) in [6.07, 6.45) is -0.284. The monoisotopic (exact) mass is 531 g/mol. The minimum absolute atomic E-state index is 0.133. The summed E-state index contributed by atoms with van der Waals surface area (Å²) in [5, 5.41) is 18.0. The molecule has 0 heterocycles. The van der Waals surface area contributed by atoms with Crippen LogP contribution >= 0.6 is 0 Å². The van der Waals surface area contributed by atoms with Crippen molar-refractivity contribution in [2.24, 2.45) is 0 Å². The van der Waals surface area contributed by atoms with Gasteiger partial charge in [-0.15, -0.1) is 0 Å². The molecule has 0 radical (unpaired) electrons. The SMILES string of the molecule is CC(C)(C)OC(=O)N[C@H](Cc1ccccc1)C(=O)NC(C)(Cc1ccccc1)C(=O)NCc1ccc(O)cc1. The fourth-order valence-corrected chi connectivity index (χ4v) is 4.04. The van der Waals surface area contributed by atoms with E-state index in [1.165, 1.54) is 0 Å². The first-order valence-corrected chi connectivity index (χ1v) is 12.9. The minimum Gasteiger partial charge on any atom is -0.508 e. The van der Waals surface area contributed by atoms with Crippen LogP contribution in [-0.2, 0) is 33.7 Å². The summed E-state index contributed by atoms with van der Waals surface area (Å²) in [7, 11) is 0. The van der Waals surface area contributed by atoms with Crippen molar-refractivity contribution in [2.75, 3.05) is 0 Å².